The lowest BCUT2D eigenvalue weighted by atomic mass is 9.96. The Balaban J connectivity index is 1.51. The largest absolute Gasteiger partial charge is 0.341 e. The van der Waals surface area contributed by atoms with Crippen LogP contribution in [0.25, 0.3) is 0 Å². The summed E-state index contributed by atoms with van der Waals surface area (Å²) in [5.41, 5.74) is 2.20. The highest BCUT2D eigenvalue weighted by Gasteiger charge is 2.38. The van der Waals surface area contributed by atoms with Gasteiger partial charge in [0.2, 0.25) is 6.43 Å². The minimum atomic E-state index is -2.62. The number of urea groups is 1. The fraction of sp³-hybridized carbons (Fsp3) is 0.167. The lowest BCUT2D eigenvalue weighted by molar-refractivity contribution is 0.0960. The summed E-state index contributed by atoms with van der Waals surface area (Å²) in [7, 11) is 0. The molecule has 0 aromatic heterocycles. The van der Waals surface area contributed by atoms with E-state index in [1.807, 2.05) is 0 Å². The topological polar surface area (TPSA) is 61.4 Å². The molecule has 5 rings (SSSR count). The van der Waals surface area contributed by atoms with E-state index < -0.39 is 36.1 Å². The van der Waals surface area contributed by atoms with E-state index in [0.29, 0.717) is 33.6 Å². The molecule has 3 aromatic carbocycles. The standard InChI is InChI=1S/C24H17ClF3N3O2/c25-17-9-8-12(26)10-15(17)21-20-14(23(32)30-21)5-3-6-18(20)29-24(33)31-11-16(22(27)28)13-4-1-2-7-19(13)31/h1-10,16,21-22H,11H2,(H,29,33)(H,30,32)/t16-,21+/m1/s1. The van der Waals surface area contributed by atoms with Gasteiger partial charge in [-0.2, -0.15) is 0 Å². The molecule has 0 saturated heterocycles. The second-order valence-corrected chi connectivity index (χ2v) is 8.29. The molecule has 0 radical (unpaired) electrons. The van der Waals surface area contributed by atoms with Gasteiger partial charge in [0.1, 0.15) is 5.82 Å². The molecule has 33 heavy (non-hydrogen) atoms. The second-order valence-electron chi connectivity index (χ2n) is 7.88. The number of nitrogens with zero attached hydrogens (tertiary/aromatic N) is 1. The molecule has 0 aliphatic carbocycles. The summed E-state index contributed by atoms with van der Waals surface area (Å²) in [5, 5.41) is 5.78. The number of halogens is 4. The molecule has 9 heteroatoms. The molecule has 168 valence electrons. The lowest BCUT2D eigenvalue weighted by Crippen LogP contribution is -2.35. The van der Waals surface area contributed by atoms with Gasteiger partial charge < -0.3 is 10.6 Å². The Labute approximate surface area is 192 Å². The maximum Gasteiger partial charge on any atom is 0.326 e. The summed E-state index contributed by atoms with van der Waals surface area (Å²) in [6.45, 7) is -0.172. The summed E-state index contributed by atoms with van der Waals surface area (Å²) in [5.74, 6) is -2.00. The number of alkyl halides is 2. The van der Waals surface area contributed by atoms with Gasteiger partial charge in [-0.15, -0.1) is 0 Å². The third kappa shape index (κ3) is 3.60. The highest BCUT2D eigenvalue weighted by Crippen LogP contribution is 2.42. The third-order valence-electron chi connectivity index (χ3n) is 5.98. The first-order valence-electron chi connectivity index (χ1n) is 10.2. The summed E-state index contributed by atoms with van der Waals surface area (Å²) >= 11 is 6.27. The van der Waals surface area contributed by atoms with E-state index in [4.69, 9.17) is 11.6 Å². The van der Waals surface area contributed by atoms with Crippen LogP contribution in [0.15, 0.2) is 60.7 Å². The van der Waals surface area contributed by atoms with E-state index in [9.17, 15) is 22.8 Å². The van der Waals surface area contributed by atoms with E-state index >= 15 is 0 Å². The average molecular weight is 472 g/mol. The molecular weight excluding hydrogens is 455 g/mol. The summed E-state index contributed by atoms with van der Waals surface area (Å²) in [6.07, 6.45) is -2.62. The van der Waals surface area contributed by atoms with E-state index in [1.165, 1.54) is 23.1 Å². The van der Waals surface area contributed by atoms with Crippen LogP contribution in [-0.4, -0.2) is 24.9 Å². The molecular formula is C24H17ClF3N3O2. The Morgan fingerprint density at radius 3 is 2.67 bits per heavy atom. The first kappa shape index (κ1) is 21.3. The van der Waals surface area contributed by atoms with Crippen molar-refractivity contribution < 1.29 is 22.8 Å². The van der Waals surface area contributed by atoms with Gasteiger partial charge in [0, 0.05) is 39.6 Å². The van der Waals surface area contributed by atoms with Gasteiger partial charge in [-0.1, -0.05) is 35.9 Å². The molecule has 2 atom stereocenters. The predicted octanol–water partition coefficient (Wildman–Crippen LogP) is 5.71. The van der Waals surface area contributed by atoms with Gasteiger partial charge in [-0.25, -0.2) is 18.0 Å². The van der Waals surface area contributed by atoms with Gasteiger partial charge in [0.25, 0.3) is 5.91 Å². The number of benzene rings is 3. The highest BCUT2D eigenvalue weighted by atomic mass is 35.5. The first-order chi connectivity index (χ1) is 15.8. The van der Waals surface area contributed by atoms with Gasteiger partial charge in [0.15, 0.2) is 0 Å². The van der Waals surface area contributed by atoms with Crippen LogP contribution in [0.5, 0.6) is 0 Å². The van der Waals surface area contributed by atoms with Crippen molar-refractivity contribution in [2.45, 2.75) is 18.4 Å². The number of amides is 3. The van der Waals surface area contributed by atoms with Crippen LogP contribution in [-0.2, 0) is 0 Å². The Kier molecular flexibility index (Phi) is 5.25. The smallest absolute Gasteiger partial charge is 0.326 e. The van der Waals surface area contributed by atoms with Gasteiger partial charge in [-0.3, -0.25) is 9.69 Å². The van der Waals surface area contributed by atoms with Gasteiger partial charge >= 0.3 is 6.03 Å². The zero-order chi connectivity index (χ0) is 23.3. The first-order valence-corrected chi connectivity index (χ1v) is 10.6. The summed E-state index contributed by atoms with van der Waals surface area (Å²) < 4.78 is 41.1. The molecule has 2 heterocycles. The Morgan fingerprint density at radius 2 is 1.88 bits per heavy atom. The van der Waals surface area contributed by atoms with Crippen LogP contribution in [0.4, 0.5) is 29.3 Å². The number of carbonyl (C=O) groups excluding carboxylic acids is 2. The molecule has 2 aliphatic rings. The molecule has 2 aliphatic heterocycles. The molecule has 0 spiro atoms. The van der Waals surface area contributed by atoms with Crippen molar-refractivity contribution in [3.8, 4) is 0 Å². The number of nitrogens with one attached hydrogen (secondary N) is 2. The van der Waals surface area contributed by atoms with Crippen LogP contribution in [0.2, 0.25) is 5.02 Å². The van der Waals surface area contributed by atoms with Crippen molar-refractivity contribution in [2.24, 2.45) is 0 Å². The zero-order valence-electron chi connectivity index (χ0n) is 17.0. The van der Waals surface area contributed by atoms with Gasteiger partial charge in [-0.05, 0) is 42.0 Å². The van der Waals surface area contributed by atoms with E-state index in [2.05, 4.69) is 10.6 Å². The molecule has 3 aromatic rings. The normalized spacial score (nSPS) is 18.8. The maximum atomic E-state index is 13.9. The van der Waals surface area contributed by atoms with E-state index in [1.54, 1.807) is 42.5 Å². The van der Waals surface area contributed by atoms with Crippen molar-refractivity contribution in [1.29, 1.82) is 0 Å². The minimum Gasteiger partial charge on any atom is -0.341 e. The third-order valence-corrected chi connectivity index (χ3v) is 6.33. The molecule has 0 bridgehead atoms. The fourth-order valence-electron chi connectivity index (χ4n) is 4.46. The Hall–Kier alpha value is -3.52. The van der Waals surface area contributed by atoms with Crippen LogP contribution < -0.4 is 15.5 Å². The quantitative estimate of drug-likeness (QED) is 0.514. The molecule has 0 saturated carbocycles. The lowest BCUT2D eigenvalue weighted by Gasteiger charge is -2.22. The highest BCUT2D eigenvalue weighted by molar-refractivity contribution is 6.31. The van der Waals surface area contributed by atoms with Crippen LogP contribution in [0.3, 0.4) is 0 Å². The van der Waals surface area contributed by atoms with E-state index in [-0.39, 0.29) is 11.6 Å². The second kappa shape index (κ2) is 8.12. The Morgan fingerprint density at radius 1 is 1.09 bits per heavy atom. The van der Waals surface area contributed by atoms with Crippen molar-refractivity contribution in [3.05, 3.63) is 93.8 Å². The van der Waals surface area contributed by atoms with E-state index in [0.717, 1.165) is 0 Å². The SMILES string of the molecule is O=C1N[C@@H](c2cc(F)ccc2Cl)c2c(NC(=O)N3C[C@@H](C(F)F)c4ccccc43)cccc21. The molecule has 2 N–H and O–H groups in total. The molecule has 3 amide bonds. The van der Waals surface area contributed by atoms with Crippen LogP contribution in [0, 0.1) is 5.82 Å². The molecule has 5 nitrogen and oxygen atoms in total. The summed E-state index contributed by atoms with van der Waals surface area (Å²) in [4.78, 5) is 27.0. The average Bonchev–Trinajstić information content (AvgIpc) is 3.35. The predicted molar refractivity (Wildman–Crippen MR) is 119 cm³/mol. The number of hydrogen-bond donors (Lipinski definition) is 2. The van der Waals surface area contributed by atoms with Crippen molar-refractivity contribution >= 4 is 34.9 Å². The van der Waals surface area contributed by atoms with Crippen molar-refractivity contribution in [3.63, 3.8) is 0 Å². The number of fused-ring (bicyclic) bond motifs is 2. The van der Waals surface area contributed by atoms with Crippen LogP contribution in [0.1, 0.15) is 39.0 Å². The fourth-order valence-corrected chi connectivity index (χ4v) is 4.69. The number of hydrogen-bond acceptors (Lipinski definition) is 2. The number of carbonyl (C=O) groups is 2. The van der Waals surface area contributed by atoms with Gasteiger partial charge in [0.05, 0.1) is 12.0 Å². The summed E-state index contributed by atoms with van der Waals surface area (Å²) in [6, 6.07) is 13.8. The maximum absolute atomic E-state index is 13.9. The number of anilines is 2. The van der Waals surface area contributed by atoms with Crippen LogP contribution >= 0.6 is 11.6 Å². The Bertz CT molecular complexity index is 1280. The van der Waals surface area contributed by atoms with Crippen molar-refractivity contribution in [1.82, 2.24) is 5.32 Å². The number of para-hydroxylation sites is 1. The minimum absolute atomic E-state index is 0.172. The van der Waals surface area contributed by atoms with Crippen molar-refractivity contribution in [2.75, 3.05) is 16.8 Å². The monoisotopic (exact) mass is 471 g/mol. The molecule has 0 unspecified atom stereocenters. The zero-order valence-corrected chi connectivity index (χ0v) is 17.7. The molecule has 0 fully saturated rings. The number of rotatable bonds is 3.